The maximum absolute atomic E-state index is 12.9. The molecule has 0 radical (unpaired) electrons. The zero-order valence-electron chi connectivity index (χ0n) is 29.8. The second-order valence-corrected chi connectivity index (χ2v) is 14.0. The summed E-state index contributed by atoms with van der Waals surface area (Å²) in [6.07, 6.45) is 30.9. The lowest BCUT2D eigenvalue weighted by atomic mass is 10.1. The number of allylic oxidation sites excluding steroid dienone is 1. The molecular weight excluding hydrogens is 585 g/mol. The van der Waals surface area contributed by atoms with E-state index in [9.17, 15) is 4.79 Å². The van der Waals surface area contributed by atoms with Gasteiger partial charge in [-0.2, -0.15) is 0 Å². The fourth-order valence-electron chi connectivity index (χ4n) is 5.61. The predicted molar refractivity (Wildman–Crippen MR) is 202 cm³/mol. The van der Waals surface area contributed by atoms with Gasteiger partial charge in [0.05, 0.1) is 13.2 Å². The Morgan fingerprint density at radius 3 is 1.54 bits per heavy atom. The Labute approximate surface area is 287 Å². The molecule has 0 amide bonds. The van der Waals surface area contributed by atoms with Crippen LogP contribution < -0.4 is 9.47 Å². The molecule has 0 N–H and O–H groups in total. The monoisotopic (exact) mass is 650 g/mol. The summed E-state index contributed by atoms with van der Waals surface area (Å²) in [7, 11) is 0. The van der Waals surface area contributed by atoms with E-state index in [2.05, 4.69) is 20.8 Å². The van der Waals surface area contributed by atoms with Crippen molar-refractivity contribution in [3.8, 4) is 11.5 Å². The number of benzene rings is 2. The molecule has 0 atom stereocenters. The molecular formula is C42H66O3S. The molecule has 258 valence electrons. The first kappa shape index (κ1) is 40.0. The number of thioether (sulfide) groups is 1. The molecule has 46 heavy (non-hydrogen) atoms. The Hall–Kier alpha value is -2.20. The van der Waals surface area contributed by atoms with Crippen LogP contribution in [0.25, 0.3) is 6.08 Å². The van der Waals surface area contributed by atoms with E-state index in [4.69, 9.17) is 9.47 Å². The van der Waals surface area contributed by atoms with Crippen LogP contribution in [0.2, 0.25) is 0 Å². The first-order chi connectivity index (χ1) is 22.7. The fraction of sp³-hybridized carbons (Fsp3) is 0.643. The van der Waals surface area contributed by atoms with Crippen LogP contribution in [0.3, 0.4) is 0 Å². The van der Waals surface area contributed by atoms with E-state index >= 15 is 0 Å². The maximum Gasteiger partial charge on any atom is 0.185 e. The average molecular weight is 651 g/mol. The molecule has 0 bridgehead atoms. The minimum Gasteiger partial charge on any atom is -0.490 e. The molecule has 0 saturated carbocycles. The molecule has 2 rings (SSSR count). The van der Waals surface area contributed by atoms with Crippen LogP contribution in [-0.4, -0.2) is 24.7 Å². The van der Waals surface area contributed by atoms with Crippen molar-refractivity contribution in [2.24, 2.45) is 0 Å². The summed E-state index contributed by atoms with van der Waals surface area (Å²) in [6.45, 7) is 8.14. The number of hydrogen-bond donors (Lipinski definition) is 0. The van der Waals surface area contributed by atoms with Crippen LogP contribution in [0.1, 0.15) is 172 Å². The molecule has 0 heterocycles. The molecule has 3 nitrogen and oxygen atoms in total. The Bertz CT molecular complexity index is 1050. The first-order valence-electron chi connectivity index (χ1n) is 19.0. The van der Waals surface area contributed by atoms with Gasteiger partial charge in [0, 0.05) is 10.5 Å². The molecule has 4 heteroatoms. The first-order valence-corrected chi connectivity index (χ1v) is 20.0. The van der Waals surface area contributed by atoms with Gasteiger partial charge >= 0.3 is 0 Å². The third-order valence-corrected chi connectivity index (χ3v) is 9.74. The maximum atomic E-state index is 12.9. The van der Waals surface area contributed by atoms with Gasteiger partial charge in [-0.3, -0.25) is 4.79 Å². The Balaban J connectivity index is 1.84. The zero-order valence-corrected chi connectivity index (χ0v) is 30.6. The van der Waals surface area contributed by atoms with Crippen molar-refractivity contribution in [3.63, 3.8) is 0 Å². The SMILES string of the molecule is CCCCCCCCCCCCOc1ccc(/C=C/C(=O)c2ccc(SCCC)cc2)cc1OCCCCCCCCCCCC. The highest BCUT2D eigenvalue weighted by atomic mass is 32.2. The summed E-state index contributed by atoms with van der Waals surface area (Å²) in [4.78, 5) is 14.1. The van der Waals surface area contributed by atoms with Crippen molar-refractivity contribution < 1.29 is 14.3 Å². The second-order valence-electron chi connectivity index (χ2n) is 12.8. The van der Waals surface area contributed by atoms with Crippen molar-refractivity contribution in [2.75, 3.05) is 19.0 Å². The van der Waals surface area contributed by atoms with Crippen LogP contribution in [0.4, 0.5) is 0 Å². The highest BCUT2D eigenvalue weighted by molar-refractivity contribution is 7.99. The van der Waals surface area contributed by atoms with Gasteiger partial charge in [0.15, 0.2) is 17.3 Å². The minimum atomic E-state index is 0.0150. The van der Waals surface area contributed by atoms with Crippen molar-refractivity contribution in [1.29, 1.82) is 0 Å². The van der Waals surface area contributed by atoms with Crippen LogP contribution in [0.5, 0.6) is 11.5 Å². The van der Waals surface area contributed by atoms with Crippen LogP contribution >= 0.6 is 11.8 Å². The quantitative estimate of drug-likeness (QED) is 0.0365. The largest absolute Gasteiger partial charge is 0.490 e. The molecule has 0 aliphatic carbocycles. The van der Waals surface area contributed by atoms with E-state index in [1.807, 2.05) is 60.3 Å². The van der Waals surface area contributed by atoms with Crippen molar-refractivity contribution in [2.45, 2.75) is 161 Å². The smallest absolute Gasteiger partial charge is 0.185 e. The van der Waals surface area contributed by atoms with E-state index in [-0.39, 0.29) is 5.78 Å². The van der Waals surface area contributed by atoms with Gasteiger partial charge in [0.1, 0.15) is 0 Å². The third-order valence-electron chi connectivity index (χ3n) is 8.52. The lowest BCUT2D eigenvalue weighted by molar-refractivity contribution is 0.104. The van der Waals surface area contributed by atoms with E-state index in [0.29, 0.717) is 18.8 Å². The Kier molecular flexibility index (Phi) is 24.2. The average Bonchev–Trinajstić information content (AvgIpc) is 3.08. The third kappa shape index (κ3) is 19.5. The molecule has 0 saturated heterocycles. The van der Waals surface area contributed by atoms with Crippen molar-refractivity contribution in [3.05, 3.63) is 59.7 Å². The van der Waals surface area contributed by atoms with Gasteiger partial charge in [0.2, 0.25) is 0 Å². The molecule has 0 aromatic heterocycles. The summed E-state index contributed by atoms with van der Waals surface area (Å²) >= 11 is 1.83. The number of ketones is 1. The zero-order chi connectivity index (χ0) is 32.9. The number of rotatable bonds is 30. The van der Waals surface area contributed by atoms with E-state index < -0.39 is 0 Å². The summed E-state index contributed by atoms with van der Waals surface area (Å²) in [5.41, 5.74) is 1.67. The van der Waals surface area contributed by atoms with Crippen LogP contribution in [-0.2, 0) is 0 Å². The predicted octanol–water partition coefficient (Wildman–Crippen LogP) is 13.7. The summed E-state index contributed by atoms with van der Waals surface area (Å²) in [5, 5.41) is 0. The van der Waals surface area contributed by atoms with Crippen LogP contribution in [0.15, 0.2) is 53.4 Å². The lowest BCUT2D eigenvalue weighted by Gasteiger charge is -2.14. The van der Waals surface area contributed by atoms with Crippen molar-refractivity contribution >= 4 is 23.6 Å². The van der Waals surface area contributed by atoms with Gasteiger partial charge in [-0.05, 0) is 73.1 Å². The van der Waals surface area contributed by atoms with Gasteiger partial charge in [0.25, 0.3) is 0 Å². The molecule has 0 aliphatic rings. The number of hydrogen-bond acceptors (Lipinski definition) is 4. The topological polar surface area (TPSA) is 35.5 Å². The standard InChI is InChI=1S/C42H66O3S/c1-4-7-9-11-13-15-17-19-21-23-33-44-41-32-26-37(25-31-40(43)38-27-29-39(30-28-38)46-35-6-3)36-42(41)45-34-24-22-20-18-16-14-12-10-8-5-2/h25-32,36H,4-24,33-35H2,1-3H3/b31-25+. The number of unbranched alkanes of at least 4 members (excludes halogenated alkanes) is 18. The molecule has 0 aliphatic heterocycles. The van der Waals surface area contributed by atoms with Gasteiger partial charge < -0.3 is 9.47 Å². The molecule has 0 spiro atoms. The van der Waals surface area contributed by atoms with E-state index in [1.165, 1.54) is 120 Å². The second kappa shape index (κ2) is 27.9. The van der Waals surface area contributed by atoms with Crippen molar-refractivity contribution in [1.82, 2.24) is 0 Å². The summed E-state index contributed by atoms with van der Waals surface area (Å²) in [5.74, 6) is 2.71. The fourth-order valence-corrected chi connectivity index (χ4v) is 6.38. The number of carbonyl (C=O) groups is 1. The Morgan fingerprint density at radius 2 is 1.04 bits per heavy atom. The van der Waals surface area contributed by atoms with Crippen LogP contribution in [0, 0.1) is 0 Å². The van der Waals surface area contributed by atoms with Gasteiger partial charge in [-0.1, -0.05) is 148 Å². The number of ether oxygens (including phenoxy) is 2. The van der Waals surface area contributed by atoms with E-state index in [1.54, 1.807) is 6.08 Å². The highest BCUT2D eigenvalue weighted by Gasteiger charge is 2.08. The molecule has 2 aromatic rings. The Morgan fingerprint density at radius 1 is 0.565 bits per heavy atom. The highest BCUT2D eigenvalue weighted by Crippen LogP contribution is 2.30. The molecule has 0 unspecified atom stereocenters. The molecule has 2 aromatic carbocycles. The van der Waals surface area contributed by atoms with E-state index in [0.717, 1.165) is 42.1 Å². The van der Waals surface area contributed by atoms with Gasteiger partial charge in [-0.15, -0.1) is 11.8 Å². The summed E-state index contributed by atoms with van der Waals surface area (Å²) < 4.78 is 12.5. The van der Waals surface area contributed by atoms with Gasteiger partial charge in [-0.25, -0.2) is 0 Å². The number of carbonyl (C=O) groups excluding carboxylic acids is 1. The minimum absolute atomic E-state index is 0.0150. The molecule has 0 fully saturated rings. The lowest BCUT2D eigenvalue weighted by Crippen LogP contribution is -2.03. The summed E-state index contributed by atoms with van der Waals surface area (Å²) in [6, 6.07) is 14.0. The normalized spacial score (nSPS) is 11.4.